The molecule has 0 aromatic rings. The van der Waals surface area contributed by atoms with E-state index in [1.54, 1.807) is 13.8 Å². The lowest BCUT2D eigenvalue weighted by Crippen LogP contribution is -2.54. The Morgan fingerprint density at radius 1 is 1.24 bits per heavy atom. The second kappa shape index (κ2) is 7.24. The number of nitrogens with one attached hydrogen (secondary N) is 1. The predicted octanol–water partition coefficient (Wildman–Crippen LogP) is -0.263. The van der Waals surface area contributed by atoms with Gasteiger partial charge in [-0.25, -0.2) is 0 Å². The minimum absolute atomic E-state index is 0.0635. The highest BCUT2D eigenvalue weighted by Gasteiger charge is 2.28. The molecule has 1 amide bonds. The highest BCUT2D eigenvalue weighted by molar-refractivity contribution is 5.78. The highest BCUT2D eigenvalue weighted by atomic mass is 16.4. The molecular formula is C11H21NO5. The van der Waals surface area contributed by atoms with Crippen molar-refractivity contribution in [2.75, 3.05) is 13.2 Å². The van der Waals surface area contributed by atoms with Crippen LogP contribution in [0.2, 0.25) is 0 Å². The lowest BCUT2D eigenvalue weighted by Gasteiger charge is -2.30. The van der Waals surface area contributed by atoms with E-state index >= 15 is 0 Å². The van der Waals surface area contributed by atoms with Crippen LogP contribution in [-0.2, 0) is 9.59 Å². The summed E-state index contributed by atoms with van der Waals surface area (Å²) in [5.74, 6) is -1.58. The maximum Gasteiger partial charge on any atom is 0.303 e. The fourth-order valence-corrected chi connectivity index (χ4v) is 1.47. The molecule has 6 heteroatoms. The zero-order valence-corrected chi connectivity index (χ0v) is 10.3. The van der Waals surface area contributed by atoms with E-state index in [4.69, 9.17) is 15.3 Å². The average Bonchev–Trinajstić information content (AvgIpc) is 2.24. The van der Waals surface area contributed by atoms with Crippen LogP contribution >= 0.6 is 0 Å². The van der Waals surface area contributed by atoms with E-state index in [1.165, 1.54) is 0 Å². The molecule has 0 aromatic carbocycles. The summed E-state index contributed by atoms with van der Waals surface area (Å²) in [7, 11) is 0. The summed E-state index contributed by atoms with van der Waals surface area (Å²) in [6.45, 7) is 2.71. The Hall–Kier alpha value is -1.14. The monoisotopic (exact) mass is 247 g/mol. The topological polar surface area (TPSA) is 107 Å². The number of carbonyl (C=O) groups is 2. The third-order valence-corrected chi connectivity index (χ3v) is 2.74. The van der Waals surface area contributed by atoms with E-state index in [1.807, 2.05) is 0 Å². The van der Waals surface area contributed by atoms with Gasteiger partial charge in [-0.05, 0) is 12.3 Å². The molecule has 0 spiro atoms. The zero-order valence-electron chi connectivity index (χ0n) is 10.3. The molecule has 0 aliphatic carbocycles. The third kappa shape index (κ3) is 5.65. The van der Waals surface area contributed by atoms with Gasteiger partial charge in [0.25, 0.3) is 0 Å². The molecule has 0 saturated carbocycles. The molecule has 1 atom stereocenters. The number of hydrogen-bond donors (Lipinski definition) is 4. The summed E-state index contributed by atoms with van der Waals surface area (Å²) >= 11 is 0. The fourth-order valence-electron chi connectivity index (χ4n) is 1.47. The minimum atomic E-state index is -1.01. The first-order valence-corrected chi connectivity index (χ1v) is 5.63. The van der Waals surface area contributed by atoms with Gasteiger partial charge in [-0.3, -0.25) is 9.59 Å². The number of rotatable bonds is 8. The molecule has 0 aliphatic rings. The zero-order chi connectivity index (χ0) is 13.5. The van der Waals surface area contributed by atoms with Gasteiger partial charge in [0.2, 0.25) is 5.91 Å². The SMILES string of the molecule is CCC(CO)(CO)NC(=O)CC(C)CC(=O)O. The molecule has 0 aliphatic heterocycles. The van der Waals surface area contributed by atoms with Gasteiger partial charge in [-0.2, -0.15) is 0 Å². The van der Waals surface area contributed by atoms with Crippen molar-refractivity contribution in [2.24, 2.45) is 5.92 Å². The predicted molar refractivity (Wildman–Crippen MR) is 61.4 cm³/mol. The Kier molecular flexibility index (Phi) is 6.75. The lowest BCUT2D eigenvalue weighted by atomic mass is 9.96. The van der Waals surface area contributed by atoms with Crippen LogP contribution in [0, 0.1) is 5.92 Å². The van der Waals surface area contributed by atoms with Crippen molar-refractivity contribution in [1.29, 1.82) is 0 Å². The Bertz CT molecular complexity index is 254. The Labute approximate surface area is 101 Å². The molecule has 100 valence electrons. The second-order valence-corrected chi connectivity index (χ2v) is 4.41. The van der Waals surface area contributed by atoms with Crippen LogP contribution < -0.4 is 5.32 Å². The van der Waals surface area contributed by atoms with Crippen LogP contribution in [0.1, 0.15) is 33.1 Å². The smallest absolute Gasteiger partial charge is 0.303 e. The molecule has 1 unspecified atom stereocenters. The quantitative estimate of drug-likeness (QED) is 0.472. The molecule has 0 saturated heterocycles. The first-order chi connectivity index (χ1) is 7.89. The molecule has 6 nitrogen and oxygen atoms in total. The Morgan fingerprint density at radius 3 is 2.12 bits per heavy atom. The van der Waals surface area contributed by atoms with Gasteiger partial charge in [0, 0.05) is 12.8 Å². The van der Waals surface area contributed by atoms with Gasteiger partial charge in [0.1, 0.15) is 0 Å². The Balaban J connectivity index is 4.28. The molecule has 0 aromatic heterocycles. The standard InChI is InChI=1S/C11H21NO5/c1-3-11(6-13,7-14)12-9(15)4-8(2)5-10(16)17/h8,13-14H,3-7H2,1-2H3,(H,12,15)(H,16,17). The first-order valence-electron chi connectivity index (χ1n) is 5.63. The van der Waals surface area contributed by atoms with Crippen molar-refractivity contribution < 1.29 is 24.9 Å². The molecule has 0 bridgehead atoms. The molecule has 0 heterocycles. The van der Waals surface area contributed by atoms with Crippen molar-refractivity contribution >= 4 is 11.9 Å². The van der Waals surface area contributed by atoms with Crippen molar-refractivity contribution in [3.63, 3.8) is 0 Å². The number of carboxylic acid groups (broad SMARTS) is 1. The van der Waals surface area contributed by atoms with E-state index < -0.39 is 11.5 Å². The van der Waals surface area contributed by atoms with Crippen LogP contribution in [0.25, 0.3) is 0 Å². The summed E-state index contributed by atoms with van der Waals surface area (Å²) in [4.78, 5) is 22.0. The fraction of sp³-hybridized carbons (Fsp3) is 0.818. The van der Waals surface area contributed by atoms with Gasteiger partial charge in [0.15, 0.2) is 0 Å². The van der Waals surface area contributed by atoms with Crippen molar-refractivity contribution in [2.45, 2.75) is 38.6 Å². The van der Waals surface area contributed by atoms with Crippen LogP contribution in [0.4, 0.5) is 0 Å². The van der Waals surface area contributed by atoms with Gasteiger partial charge in [0.05, 0.1) is 18.8 Å². The number of amides is 1. The number of carboxylic acids is 1. The van der Waals surface area contributed by atoms with Crippen LogP contribution in [0.5, 0.6) is 0 Å². The summed E-state index contributed by atoms with van der Waals surface area (Å²) in [5.41, 5.74) is -1.01. The molecule has 0 radical (unpaired) electrons. The third-order valence-electron chi connectivity index (χ3n) is 2.74. The number of carbonyl (C=O) groups excluding carboxylic acids is 1. The first kappa shape index (κ1) is 15.9. The van der Waals surface area contributed by atoms with E-state index in [0.717, 1.165) is 0 Å². The molecule has 0 fully saturated rings. The van der Waals surface area contributed by atoms with Gasteiger partial charge < -0.3 is 20.6 Å². The summed E-state index contributed by atoms with van der Waals surface area (Å²) in [5, 5.41) is 29.4. The lowest BCUT2D eigenvalue weighted by molar-refractivity contribution is -0.138. The maximum atomic E-state index is 11.6. The van der Waals surface area contributed by atoms with E-state index in [0.29, 0.717) is 6.42 Å². The van der Waals surface area contributed by atoms with Gasteiger partial charge in [-0.15, -0.1) is 0 Å². The minimum Gasteiger partial charge on any atom is -0.481 e. The second-order valence-electron chi connectivity index (χ2n) is 4.41. The van der Waals surface area contributed by atoms with Crippen LogP contribution in [0.3, 0.4) is 0 Å². The van der Waals surface area contributed by atoms with E-state index in [-0.39, 0.29) is 37.9 Å². The van der Waals surface area contributed by atoms with Gasteiger partial charge >= 0.3 is 5.97 Å². The molecule has 17 heavy (non-hydrogen) atoms. The molecule has 0 rings (SSSR count). The summed E-state index contributed by atoms with van der Waals surface area (Å²) in [6, 6.07) is 0. The summed E-state index contributed by atoms with van der Waals surface area (Å²) < 4.78 is 0. The van der Waals surface area contributed by atoms with Crippen molar-refractivity contribution in [3.8, 4) is 0 Å². The molecule has 4 N–H and O–H groups in total. The highest BCUT2D eigenvalue weighted by Crippen LogP contribution is 2.12. The Morgan fingerprint density at radius 2 is 1.76 bits per heavy atom. The van der Waals surface area contributed by atoms with Crippen LogP contribution in [0.15, 0.2) is 0 Å². The van der Waals surface area contributed by atoms with E-state index in [2.05, 4.69) is 5.32 Å². The number of aliphatic carboxylic acids is 1. The largest absolute Gasteiger partial charge is 0.481 e. The number of hydrogen-bond acceptors (Lipinski definition) is 4. The molecular weight excluding hydrogens is 226 g/mol. The van der Waals surface area contributed by atoms with Gasteiger partial charge in [-0.1, -0.05) is 13.8 Å². The number of aliphatic hydroxyl groups excluding tert-OH is 2. The van der Waals surface area contributed by atoms with Crippen molar-refractivity contribution in [3.05, 3.63) is 0 Å². The normalized spacial score (nSPS) is 13.2. The number of aliphatic hydroxyl groups is 2. The average molecular weight is 247 g/mol. The van der Waals surface area contributed by atoms with Crippen LogP contribution in [-0.4, -0.2) is 45.9 Å². The maximum absolute atomic E-state index is 11.6. The summed E-state index contributed by atoms with van der Waals surface area (Å²) in [6.07, 6.45) is 0.387. The van der Waals surface area contributed by atoms with E-state index in [9.17, 15) is 9.59 Å². The van der Waals surface area contributed by atoms with Crippen molar-refractivity contribution in [1.82, 2.24) is 5.32 Å².